The third kappa shape index (κ3) is 3.91. The average Bonchev–Trinajstić information content (AvgIpc) is 3.74. The molecule has 6 aromatic rings. The van der Waals surface area contributed by atoms with E-state index in [1.54, 1.807) is 5.56 Å². The molecule has 3 unspecified atom stereocenters. The highest BCUT2D eigenvalue weighted by atomic mass is 16.3. The molecule has 0 N–H and O–H groups in total. The van der Waals surface area contributed by atoms with Crippen LogP contribution in [0.25, 0.3) is 33.1 Å². The SMILES string of the molecule is CC1(C)CC2(CC(C)(C)C3C=CC=CC32)c2cccc(N(c3ccc4c(c3)C(C)(C)c3ccccc3-4)c3ccc4c(c3)oc3ccccc34)c21. The van der Waals surface area contributed by atoms with Crippen molar-refractivity contribution in [2.45, 2.75) is 70.6 Å². The van der Waals surface area contributed by atoms with Crippen LogP contribution in [-0.4, -0.2) is 0 Å². The molecule has 50 heavy (non-hydrogen) atoms. The van der Waals surface area contributed by atoms with Crippen molar-refractivity contribution in [3.05, 3.63) is 150 Å². The highest BCUT2D eigenvalue weighted by Gasteiger charge is 2.62. The molecule has 3 atom stereocenters. The van der Waals surface area contributed by atoms with Crippen LogP contribution in [0.15, 0.2) is 132 Å². The molecule has 248 valence electrons. The lowest BCUT2D eigenvalue weighted by Crippen LogP contribution is -2.31. The summed E-state index contributed by atoms with van der Waals surface area (Å²) in [6, 6.07) is 38.5. The van der Waals surface area contributed by atoms with Gasteiger partial charge in [-0.25, -0.2) is 0 Å². The monoisotopic (exact) mass is 651 g/mol. The molecule has 1 saturated carbocycles. The fourth-order valence-electron chi connectivity index (χ4n) is 11.3. The molecule has 0 bridgehead atoms. The number of benzene rings is 5. The van der Waals surface area contributed by atoms with Crippen molar-refractivity contribution >= 4 is 39.0 Å². The van der Waals surface area contributed by atoms with Crippen LogP contribution < -0.4 is 4.90 Å². The largest absolute Gasteiger partial charge is 0.456 e. The summed E-state index contributed by atoms with van der Waals surface area (Å²) in [4.78, 5) is 2.54. The zero-order chi connectivity index (χ0) is 34.2. The molecule has 1 aromatic heterocycles. The molecule has 2 heteroatoms. The minimum atomic E-state index is -0.0937. The minimum absolute atomic E-state index is 0.0140. The summed E-state index contributed by atoms with van der Waals surface area (Å²) in [6.45, 7) is 14.7. The topological polar surface area (TPSA) is 16.4 Å². The van der Waals surface area contributed by atoms with Gasteiger partial charge in [-0.05, 0) is 105 Å². The molecule has 4 aliphatic carbocycles. The Morgan fingerprint density at radius 2 is 1.26 bits per heavy atom. The van der Waals surface area contributed by atoms with Gasteiger partial charge in [0.1, 0.15) is 11.2 Å². The summed E-state index contributed by atoms with van der Waals surface area (Å²) in [7, 11) is 0. The molecule has 0 amide bonds. The third-order valence-corrected chi connectivity index (χ3v) is 13.1. The van der Waals surface area contributed by atoms with Crippen LogP contribution in [-0.2, 0) is 16.2 Å². The molecule has 0 aliphatic heterocycles. The molecule has 1 spiro atoms. The van der Waals surface area contributed by atoms with Crippen molar-refractivity contribution in [3.63, 3.8) is 0 Å². The van der Waals surface area contributed by atoms with E-state index < -0.39 is 0 Å². The number of nitrogens with zero attached hydrogens (tertiary/aromatic N) is 1. The van der Waals surface area contributed by atoms with Crippen molar-refractivity contribution in [1.82, 2.24) is 0 Å². The van der Waals surface area contributed by atoms with E-state index in [4.69, 9.17) is 4.42 Å². The Hall–Kier alpha value is -4.82. The Labute approximate surface area is 296 Å². The lowest BCUT2D eigenvalue weighted by atomic mass is 9.69. The first-order valence-corrected chi connectivity index (χ1v) is 18.4. The van der Waals surface area contributed by atoms with Gasteiger partial charge in [-0.2, -0.15) is 0 Å². The van der Waals surface area contributed by atoms with Crippen molar-refractivity contribution in [1.29, 1.82) is 0 Å². The van der Waals surface area contributed by atoms with Crippen molar-refractivity contribution in [2.24, 2.45) is 17.3 Å². The van der Waals surface area contributed by atoms with Crippen LogP contribution in [0.4, 0.5) is 17.1 Å². The van der Waals surface area contributed by atoms with Gasteiger partial charge in [0.25, 0.3) is 0 Å². The van der Waals surface area contributed by atoms with E-state index >= 15 is 0 Å². The first-order valence-electron chi connectivity index (χ1n) is 18.4. The zero-order valence-corrected chi connectivity index (χ0v) is 30.0. The predicted octanol–water partition coefficient (Wildman–Crippen LogP) is 13.1. The number of rotatable bonds is 3. The lowest BCUT2D eigenvalue weighted by molar-refractivity contribution is 0.285. The minimum Gasteiger partial charge on any atom is -0.456 e. The summed E-state index contributed by atoms with van der Waals surface area (Å²) in [5, 5.41) is 2.32. The fourth-order valence-corrected chi connectivity index (χ4v) is 11.3. The predicted molar refractivity (Wildman–Crippen MR) is 209 cm³/mol. The Bertz CT molecular complexity index is 2450. The maximum Gasteiger partial charge on any atom is 0.137 e. The first-order chi connectivity index (χ1) is 24.0. The number of furan rings is 1. The molecule has 4 aliphatic rings. The van der Waals surface area contributed by atoms with Crippen LogP contribution in [0.3, 0.4) is 0 Å². The smallest absolute Gasteiger partial charge is 0.137 e. The number of hydrogen-bond acceptors (Lipinski definition) is 2. The summed E-state index contributed by atoms with van der Waals surface area (Å²) in [5.74, 6) is 1.04. The van der Waals surface area contributed by atoms with E-state index in [0.29, 0.717) is 11.8 Å². The normalized spacial score (nSPS) is 24.4. The van der Waals surface area contributed by atoms with Gasteiger partial charge in [-0.1, -0.05) is 127 Å². The zero-order valence-electron chi connectivity index (χ0n) is 30.0. The summed E-state index contributed by atoms with van der Waals surface area (Å²) in [6.07, 6.45) is 12.0. The highest BCUT2D eigenvalue weighted by Crippen LogP contribution is 2.68. The molecular weight excluding hydrogens is 607 g/mol. The van der Waals surface area contributed by atoms with Gasteiger partial charge in [0.2, 0.25) is 0 Å². The Morgan fingerprint density at radius 3 is 2.12 bits per heavy atom. The fraction of sp³-hybridized carbons (Fsp3) is 0.292. The number of anilines is 3. The Morgan fingerprint density at radius 1 is 0.580 bits per heavy atom. The van der Waals surface area contributed by atoms with Crippen LogP contribution in [0.1, 0.15) is 76.6 Å². The summed E-state index contributed by atoms with van der Waals surface area (Å²) in [5.41, 5.74) is 14.2. The van der Waals surface area contributed by atoms with Crippen LogP contribution in [0.2, 0.25) is 0 Å². The maximum atomic E-state index is 6.52. The summed E-state index contributed by atoms with van der Waals surface area (Å²) < 4.78 is 6.52. The van der Waals surface area contributed by atoms with Crippen LogP contribution >= 0.6 is 0 Å². The number of para-hydroxylation sites is 1. The van der Waals surface area contributed by atoms with E-state index in [-0.39, 0.29) is 21.7 Å². The van der Waals surface area contributed by atoms with Crippen LogP contribution in [0, 0.1) is 17.3 Å². The standard InChI is InChI=1S/C48H45NO/c1-45(2)28-48(38-18-11-10-17-37(38)45)29-46(3,4)44-39(48)19-13-20-41(44)49(31-23-25-35-34-15-8-12-21-42(34)50-43(35)27-31)30-22-24-33-32-14-7-9-16-36(32)47(5,6)40(33)26-30/h7-27,37-38H,28-29H2,1-6H3. The highest BCUT2D eigenvalue weighted by molar-refractivity contribution is 6.06. The van der Waals surface area contributed by atoms with Gasteiger partial charge >= 0.3 is 0 Å². The van der Waals surface area contributed by atoms with Gasteiger partial charge in [-0.3, -0.25) is 0 Å². The van der Waals surface area contributed by atoms with Gasteiger partial charge < -0.3 is 9.32 Å². The third-order valence-electron chi connectivity index (χ3n) is 13.1. The summed E-state index contributed by atoms with van der Waals surface area (Å²) >= 11 is 0. The molecule has 10 rings (SSSR count). The average molecular weight is 652 g/mol. The Balaban J connectivity index is 1.22. The molecule has 5 aromatic carbocycles. The van der Waals surface area contributed by atoms with Gasteiger partial charge in [0.15, 0.2) is 0 Å². The van der Waals surface area contributed by atoms with Crippen LogP contribution in [0.5, 0.6) is 0 Å². The maximum absolute atomic E-state index is 6.52. The van der Waals surface area contributed by atoms with E-state index in [0.717, 1.165) is 34.0 Å². The molecule has 2 nitrogen and oxygen atoms in total. The van der Waals surface area contributed by atoms with Crippen molar-refractivity contribution in [2.75, 3.05) is 4.90 Å². The number of allylic oxidation sites excluding steroid dienone is 4. The second kappa shape index (κ2) is 9.91. The van der Waals surface area contributed by atoms with Gasteiger partial charge in [0.05, 0.1) is 5.69 Å². The molecule has 0 radical (unpaired) electrons. The Kier molecular flexibility index (Phi) is 5.95. The second-order valence-electron chi connectivity index (χ2n) is 17.4. The molecule has 0 saturated heterocycles. The van der Waals surface area contributed by atoms with E-state index in [2.05, 4.69) is 174 Å². The quantitative estimate of drug-likeness (QED) is 0.189. The van der Waals surface area contributed by atoms with Gasteiger partial charge in [0, 0.05) is 39.0 Å². The van der Waals surface area contributed by atoms with Crippen molar-refractivity contribution < 1.29 is 4.42 Å². The van der Waals surface area contributed by atoms with Gasteiger partial charge in [-0.15, -0.1) is 0 Å². The number of fused-ring (bicyclic) bond motifs is 10. The molecule has 1 fully saturated rings. The van der Waals surface area contributed by atoms with E-state index in [1.807, 2.05) is 0 Å². The lowest BCUT2D eigenvalue weighted by Gasteiger charge is -2.35. The second-order valence-corrected chi connectivity index (χ2v) is 17.4. The number of hydrogen-bond donors (Lipinski definition) is 0. The molecular formula is C48H45NO. The first kappa shape index (κ1) is 30.0. The molecule has 1 heterocycles. The van der Waals surface area contributed by atoms with E-state index in [1.165, 1.54) is 45.6 Å². The van der Waals surface area contributed by atoms with E-state index in [9.17, 15) is 0 Å². The van der Waals surface area contributed by atoms with Crippen molar-refractivity contribution in [3.8, 4) is 11.1 Å².